The minimum absolute atomic E-state index is 0.0833. The van der Waals surface area contributed by atoms with Crippen LogP contribution in [-0.4, -0.2) is 36.8 Å². The number of aromatic amines is 1. The van der Waals surface area contributed by atoms with Crippen LogP contribution in [-0.2, 0) is 0 Å². The molecular formula is C14H11N5O2. The Balaban J connectivity index is 1.98. The summed E-state index contributed by atoms with van der Waals surface area (Å²) in [6.45, 7) is 0. The first kappa shape index (κ1) is 11.7. The van der Waals surface area contributed by atoms with Crippen molar-refractivity contribution in [1.29, 1.82) is 0 Å². The zero-order valence-corrected chi connectivity index (χ0v) is 11.1. The maximum absolute atomic E-state index is 9.67. The van der Waals surface area contributed by atoms with Gasteiger partial charge >= 0.3 is 0 Å². The summed E-state index contributed by atoms with van der Waals surface area (Å²) in [7, 11) is 1.50. The summed E-state index contributed by atoms with van der Waals surface area (Å²) in [5, 5.41) is 18.1. The van der Waals surface area contributed by atoms with Crippen LogP contribution in [0.25, 0.3) is 28.1 Å². The molecular weight excluding hydrogens is 270 g/mol. The fourth-order valence-corrected chi connectivity index (χ4v) is 2.35. The average molecular weight is 281 g/mol. The molecule has 0 saturated heterocycles. The van der Waals surface area contributed by atoms with Crippen LogP contribution in [0, 0.1) is 0 Å². The van der Waals surface area contributed by atoms with Crippen LogP contribution in [0.3, 0.4) is 0 Å². The molecule has 0 aliphatic heterocycles. The second-order valence-electron chi connectivity index (χ2n) is 4.59. The van der Waals surface area contributed by atoms with E-state index in [4.69, 9.17) is 4.74 Å². The second kappa shape index (κ2) is 4.20. The molecule has 0 unspecified atom stereocenters. The molecule has 21 heavy (non-hydrogen) atoms. The van der Waals surface area contributed by atoms with Crippen molar-refractivity contribution in [3.8, 4) is 22.9 Å². The molecule has 0 amide bonds. The molecule has 104 valence electrons. The Bertz CT molecular complexity index is 956. The van der Waals surface area contributed by atoms with Crippen molar-refractivity contribution in [2.75, 3.05) is 7.11 Å². The molecule has 4 rings (SSSR count). The van der Waals surface area contributed by atoms with Gasteiger partial charge in [0.1, 0.15) is 11.8 Å². The minimum atomic E-state index is 0.0833. The summed E-state index contributed by atoms with van der Waals surface area (Å²) in [4.78, 5) is 7.47. The van der Waals surface area contributed by atoms with Crippen molar-refractivity contribution in [2.45, 2.75) is 0 Å². The van der Waals surface area contributed by atoms with Gasteiger partial charge in [-0.1, -0.05) is 0 Å². The highest BCUT2D eigenvalue weighted by Gasteiger charge is 2.13. The molecule has 0 aliphatic rings. The fourth-order valence-electron chi connectivity index (χ4n) is 2.35. The van der Waals surface area contributed by atoms with Gasteiger partial charge in [-0.05, 0) is 24.3 Å². The molecule has 0 fully saturated rings. The molecule has 0 radical (unpaired) electrons. The quantitative estimate of drug-likeness (QED) is 0.586. The SMILES string of the molecule is COc1cc(-c2nnc3c4[nH]ccc4ncn23)ccc1O. The maximum atomic E-state index is 9.67. The van der Waals surface area contributed by atoms with Crippen molar-refractivity contribution in [2.24, 2.45) is 0 Å². The highest BCUT2D eigenvalue weighted by molar-refractivity contribution is 5.88. The molecule has 0 saturated carbocycles. The third-order valence-electron chi connectivity index (χ3n) is 3.39. The van der Waals surface area contributed by atoms with Crippen molar-refractivity contribution in [3.63, 3.8) is 0 Å². The van der Waals surface area contributed by atoms with Gasteiger partial charge in [0.2, 0.25) is 0 Å². The number of methoxy groups -OCH3 is 1. The number of nitrogens with one attached hydrogen (secondary N) is 1. The van der Waals surface area contributed by atoms with E-state index in [0.29, 0.717) is 17.2 Å². The van der Waals surface area contributed by atoms with Gasteiger partial charge in [0, 0.05) is 11.8 Å². The van der Waals surface area contributed by atoms with Crippen molar-refractivity contribution >= 4 is 16.7 Å². The number of phenols is 1. The predicted octanol–water partition coefficient (Wildman–Crippen LogP) is 1.99. The Morgan fingerprint density at radius 3 is 3.00 bits per heavy atom. The van der Waals surface area contributed by atoms with E-state index in [1.54, 1.807) is 28.9 Å². The largest absolute Gasteiger partial charge is 0.504 e. The van der Waals surface area contributed by atoms with Crippen LogP contribution in [0.1, 0.15) is 0 Å². The topological polar surface area (TPSA) is 88.3 Å². The minimum Gasteiger partial charge on any atom is -0.504 e. The standard InChI is InChI=1S/C14H11N5O2/c1-21-11-6-8(2-3-10(11)20)13-17-18-14-12-9(4-5-15-12)16-7-19(13)14/h2-7,15,20H,1H3. The van der Waals surface area contributed by atoms with Crippen LogP contribution in [0.4, 0.5) is 0 Å². The summed E-state index contributed by atoms with van der Waals surface area (Å²) in [5.41, 5.74) is 3.16. The number of aromatic nitrogens is 5. The Labute approximate surface area is 118 Å². The Morgan fingerprint density at radius 2 is 2.14 bits per heavy atom. The number of aromatic hydroxyl groups is 1. The third kappa shape index (κ3) is 1.64. The summed E-state index contributed by atoms with van der Waals surface area (Å²) >= 11 is 0. The number of fused-ring (bicyclic) bond motifs is 3. The fraction of sp³-hybridized carbons (Fsp3) is 0.0714. The normalized spacial score (nSPS) is 11.3. The molecule has 0 aliphatic carbocycles. The number of hydrogen-bond acceptors (Lipinski definition) is 5. The molecule has 2 N–H and O–H groups in total. The zero-order chi connectivity index (χ0) is 14.4. The van der Waals surface area contributed by atoms with Gasteiger partial charge in [0.15, 0.2) is 23.0 Å². The number of nitrogens with zero attached hydrogens (tertiary/aromatic N) is 4. The first-order valence-corrected chi connectivity index (χ1v) is 6.32. The number of rotatable bonds is 2. The lowest BCUT2D eigenvalue weighted by molar-refractivity contribution is 0.373. The van der Waals surface area contributed by atoms with Crippen LogP contribution >= 0.6 is 0 Å². The number of ether oxygens (including phenoxy) is 1. The van der Waals surface area contributed by atoms with Gasteiger partial charge in [0.05, 0.1) is 12.6 Å². The van der Waals surface area contributed by atoms with E-state index in [9.17, 15) is 5.11 Å². The zero-order valence-electron chi connectivity index (χ0n) is 11.1. The van der Waals surface area contributed by atoms with Crippen LogP contribution in [0.5, 0.6) is 11.5 Å². The van der Waals surface area contributed by atoms with Crippen molar-refractivity contribution in [3.05, 3.63) is 36.8 Å². The van der Waals surface area contributed by atoms with E-state index in [-0.39, 0.29) is 5.75 Å². The maximum Gasteiger partial charge on any atom is 0.188 e. The molecule has 3 heterocycles. The van der Waals surface area contributed by atoms with E-state index >= 15 is 0 Å². The van der Waals surface area contributed by atoms with Crippen molar-refractivity contribution < 1.29 is 9.84 Å². The Hall–Kier alpha value is -3.09. The van der Waals surface area contributed by atoms with E-state index in [0.717, 1.165) is 16.6 Å². The molecule has 0 bridgehead atoms. The van der Waals surface area contributed by atoms with Crippen LogP contribution in [0.15, 0.2) is 36.8 Å². The van der Waals surface area contributed by atoms with Gasteiger partial charge in [-0.25, -0.2) is 4.98 Å². The van der Waals surface area contributed by atoms with E-state index in [1.807, 2.05) is 12.3 Å². The summed E-state index contributed by atoms with van der Waals surface area (Å²) in [5.74, 6) is 1.10. The molecule has 1 aromatic carbocycles. The third-order valence-corrected chi connectivity index (χ3v) is 3.39. The van der Waals surface area contributed by atoms with E-state index in [1.165, 1.54) is 7.11 Å². The molecule has 0 atom stereocenters. The number of H-pyrrole nitrogens is 1. The smallest absolute Gasteiger partial charge is 0.188 e. The lowest BCUT2D eigenvalue weighted by Crippen LogP contribution is -1.93. The molecule has 0 spiro atoms. The summed E-state index contributed by atoms with van der Waals surface area (Å²) < 4.78 is 6.92. The Kier molecular flexibility index (Phi) is 2.34. The molecule has 7 heteroatoms. The lowest BCUT2D eigenvalue weighted by atomic mass is 10.2. The van der Waals surface area contributed by atoms with E-state index < -0.39 is 0 Å². The van der Waals surface area contributed by atoms with Crippen LogP contribution in [0.2, 0.25) is 0 Å². The number of hydrogen-bond donors (Lipinski definition) is 2. The van der Waals surface area contributed by atoms with Gasteiger partial charge in [-0.2, -0.15) is 0 Å². The van der Waals surface area contributed by atoms with Crippen molar-refractivity contribution in [1.82, 2.24) is 24.6 Å². The van der Waals surface area contributed by atoms with Gasteiger partial charge in [0.25, 0.3) is 0 Å². The van der Waals surface area contributed by atoms with Gasteiger partial charge < -0.3 is 14.8 Å². The monoisotopic (exact) mass is 281 g/mol. The van der Waals surface area contributed by atoms with E-state index in [2.05, 4.69) is 20.2 Å². The first-order valence-electron chi connectivity index (χ1n) is 6.32. The molecule has 7 nitrogen and oxygen atoms in total. The summed E-state index contributed by atoms with van der Waals surface area (Å²) in [6.07, 6.45) is 3.50. The predicted molar refractivity (Wildman–Crippen MR) is 76.3 cm³/mol. The number of phenolic OH excluding ortho intramolecular Hbond substituents is 1. The number of benzene rings is 1. The van der Waals surface area contributed by atoms with Gasteiger partial charge in [-0.15, -0.1) is 10.2 Å². The second-order valence-corrected chi connectivity index (χ2v) is 4.59. The molecule has 3 aromatic heterocycles. The first-order chi connectivity index (χ1) is 10.3. The Morgan fingerprint density at radius 1 is 1.24 bits per heavy atom. The lowest BCUT2D eigenvalue weighted by Gasteiger charge is -2.05. The highest BCUT2D eigenvalue weighted by Crippen LogP contribution is 2.31. The highest BCUT2D eigenvalue weighted by atomic mass is 16.5. The van der Waals surface area contributed by atoms with Crippen LogP contribution < -0.4 is 4.74 Å². The summed E-state index contributed by atoms with van der Waals surface area (Å²) in [6, 6.07) is 6.92. The molecule has 4 aromatic rings. The average Bonchev–Trinajstić information content (AvgIpc) is 3.13. The van der Waals surface area contributed by atoms with Gasteiger partial charge in [-0.3, -0.25) is 4.40 Å².